The lowest BCUT2D eigenvalue weighted by Crippen LogP contribution is -2.20. The zero-order chi connectivity index (χ0) is 19.5. The smallest absolute Gasteiger partial charge is 0.344 e. The van der Waals surface area contributed by atoms with Crippen LogP contribution in [0.3, 0.4) is 0 Å². The summed E-state index contributed by atoms with van der Waals surface area (Å²) in [5, 5.41) is 2.61. The van der Waals surface area contributed by atoms with Gasteiger partial charge in [0, 0.05) is 0 Å². The molecule has 0 saturated carbocycles. The molecule has 0 aliphatic rings. The van der Waals surface area contributed by atoms with Gasteiger partial charge in [-0.05, 0) is 42.0 Å². The van der Waals surface area contributed by atoms with Crippen molar-refractivity contribution in [2.45, 2.75) is 13.0 Å². The lowest BCUT2D eigenvalue weighted by molar-refractivity contribution is -0.151. The Balaban J connectivity index is 1.42. The molecular weight excluding hydrogens is 356 g/mol. The number of fused-ring (bicyclic) bond motifs is 2. The van der Waals surface area contributed by atoms with Gasteiger partial charge in [-0.1, -0.05) is 42.5 Å². The molecule has 1 atom stereocenters. The highest BCUT2D eigenvalue weighted by Gasteiger charge is 2.16. The second-order valence-corrected chi connectivity index (χ2v) is 6.40. The molecule has 0 radical (unpaired) electrons. The molecule has 0 saturated heterocycles. The largest absolute Gasteiger partial charge is 0.482 e. The molecule has 0 aliphatic heterocycles. The van der Waals surface area contributed by atoms with Crippen molar-refractivity contribution in [2.24, 2.45) is 0 Å². The third kappa shape index (κ3) is 3.71. The molecule has 6 heteroatoms. The van der Waals surface area contributed by atoms with Gasteiger partial charge in [0.05, 0.1) is 10.9 Å². The second kappa shape index (κ2) is 7.52. The van der Waals surface area contributed by atoms with Crippen LogP contribution in [-0.4, -0.2) is 22.5 Å². The van der Waals surface area contributed by atoms with E-state index in [0.717, 1.165) is 10.8 Å². The van der Waals surface area contributed by atoms with Crippen LogP contribution in [0.4, 0.5) is 0 Å². The number of H-pyrrole nitrogens is 1. The fourth-order valence-electron chi connectivity index (χ4n) is 2.98. The molecule has 0 aliphatic carbocycles. The van der Waals surface area contributed by atoms with E-state index in [1.165, 1.54) is 0 Å². The summed E-state index contributed by atoms with van der Waals surface area (Å²) in [6.07, 6.45) is -0.704. The fourth-order valence-corrected chi connectivity index (χ4v) is 2.98. The Morgan fingerprint density at radius 1 is 1.04 bits per heavy atom. The van der Waals surface area contributed by atoms with Gasteiger partial charge in [-0.2, -0.15) is 0 Å². The molecule has 3 aromatic carbocycles. The summed E-state index contributed by atoms with van der Waals surface area (Å²) in [6.45, 7) is 1.42. The van der Waals surface area contributed by atoms with E-state index in [1.807, 2.05) is 36.4 Å². The predicted octanol–water partition coefficient (Wildman–Crippen LogP) is 3.76. The highest BCUT2D eigenvalue weighted by atomic mass is 16.6. The van der Waals surface area contributed by atoms with Crippen molar-refractivity contribution in [3.05, 3.63) is 82.9 Å². The van der Waals surface area contributed by atoms with E-state index in [4.69, 9.17) is 9.47 Å². The number of carbonyl (C=O) groups excluding carboxylic acids is 1. The van der Waals surface area contributed by atoms with E-state index in [9.17, 15) is 9.59 Å². The first-order valence-corrected chi connectivity index (χ1v) is 8.90. The number of esters is 1. The number of hydrogen-bond donors (Lipinski definition) is 1. The van der Waals surface area contributed by atoms with Crippen LogP contribution in [-0.2, 0) is 9.53 Å². The summed E-state index contributed by atoms with van der Waals surface area (Å²) in [7, 11) is 0. The van der Waals surface area contributed by atoms with Gasteiger partial charge >= 0.3 is 5.97 Å². The van der Waals surface area contributed by atoms with Crippen LogP contribution in [0.25, 0.3) is 21.7 Å². The number of rotatable bonds is 5. The maximum atomic E-state index is 12.1. The normalized spacial score (nSPS) is 12.0. The maximum Gasteiger partial charge on any atom is 0.344 e. The molecule has 4 aromatic rings. The highest BCUT2D eigenvalue weighted by molar-refractivity contribution is 5.84. The van der Waals surface area contributed by atoms with Gasteiger partial charge in [-0.15, -0.1) is 0 Å². The number of aromatic nitrogens is 2. The maximum absolute atomic E-state index is 12.1. The minimum absolute atomic E-state index is 0.236. The van der Waals surface area contributed by atoms with E-state index in [2.05, 4.69) is 9.97 Å². The molecule has 1 N–H and O–H groups in total. The second-order valence-electron chi connectivity index (χ2n) is 6.40. The van der Waals surface area contributed by atoms with Crippen LogP contribution in [0.2, 0.25) is 0 Å². The standard InChI is InChI=1S/C22H18N2O4/c1-14(21-23-19-9-5-4-8-18(19)22(26)24-21)28-20(25)13-27-17-11-10-15-6-2-3-7-16(15)12-17/h2-12,14H,13H2,1H3,(H,23,24,26)/t14-/m1/s1. The monoisotopic (exact) mass is 374 g/mol. The van der Waals surface area contributed by atoms with E-state index < -0.39 is 12.1 Å². The molecule has 0 spiro atoms. The minimum atomic E-state index is -0.704. The zero-order valence-electron chi connectivity index (χ0n) is 15.2. The van der Waals surface area contributed by atoms with Crippen molar-refractivity contribution < 1.29 is 14.3 Å². The first-order valence-electron chi connectivity index (χ1n) is 8.90. The van der Waals surface area contributed by atoms with Gasteiger partial charge in [0.1, 0.15) is 5.75 Å². The topological polar surface area (TPSA) is 81.3 Å². The fraction of sp³-hybridized carbons (Fsp3) is 0.136. The SMILES string of the molecule is C[C@@H](OC(=O)COc1ccc2ccccc2c1)c1nc2ccccc2c(=O)[nH]1. The number of para-hydroxylation sites is 1. The van der Waals surface area contributed by atoms with Crippen LogP contribution >= 0.6 is 0 Å². The Morgan fingerprint density at radius 2 is 1.79 bits per heavy atom. The Bertz CT molecular complexity index is 1220. The number of benzene rings is 3. The number of carbonyl (C=O) groups is 1. The molecule has 0 unspecified atom stereocenters. The summed E-state index contributed by atoms with van der Waals surface area (Å²) in [6, 6.07) is 20.5. The average Bonchev–Trinajstić information content (AvgIpc) is 2.72. The van der Waals surface area contributed by atoms with Crippen molar-refractivity contribution in [3.63, 3.8) is 0 Å². The third-order valence-corrected chi connectivity index (χ3v) is 4.40. The van der Waals surface area contributed by atoms with Gasteiger partial charge < -0.3 is 14.5 Å². The van der Waals surface area contributed by atoms with Gasteiger partial charge in [-0.3, -0.25) is 4.79 Å². The van der Waals surface area contributed by atoms with Crippen molar-refractivity contribution >= 4 is 27.6 Å². The van der Waals surface area contributed by atoms with Gasteiger partial charge in [0.2, 0.25) is 0 Å². The number of aromatic amines is 1. The summed E-state index contributed by atoms with van der Waals surface area (Å²) in [5.74, 6) is 0.333. The lowest BCUT2D eigenvalue weighted by atomic mass is 10.1. The molecule has 6 nitrogen and oxygen atoms in total. The lowest BCUT2D eigenvalue weighted by Gasteiger charge is -2.13. The number of nitrogens with zero attached hydrogens (tertiary/aromatic N) is 1. The van der Waals surface area contributed by atoms with Gasteiger partial charge in [0.15, 0.2) is 18.5 Å². The minimum Gasteiger partial charge on any atom is -0.482 e. The predicted molar refractivity (Wildman–Crippen MR) is 106 cm³/mol. The number of nitrogens with one attached hydrogen (secondary N) is 1. The zero-order valence-corrected chi connectivity index (χ0v) is 15.2. The molecular formula is C22H18N2O4. The number of hydrogen-bond acceptors (Lipinski definition) is 5. The van der Waals surface area contributed by atoms with Crippen molar-refractivity contribution in [1.82, 2.24) is 9.97 Å². The molecule has 1 aromatic heterocycles. The molecule has 28 heavy (non-hydrogen) atoms. The van der Waals surface area contributed by atoms with E-state index in [1.54, 1.807) is 37.3 Å². The molecule has 140 valence electrons. The van der Waals surface area contributed by atoms with Crippen molar-refractivity contribution in [3.8, 4) is 5.75 Å². The summed E-state index contributed by atoms with van der Waals surface area (Å²) < 4.78 is 10.9. The first-order chi connectivity index (χ1) is 13.6. The first kappa shape index (κ1) is 17.7. The van der Waals surface area contributed by atoms with Gasteiger partial charge in [0.25, 0.3) is 5.56 Å². The third-order valence-electron chi connectivity index (χ3n) is 4.40. The Kier molecular flexibility index (Phi) is 4.76. The van der Waals surface area contributed by atoms with E-state index in [0.29, 0.717) is 22.5 Å². The Labute approximate surface area is 160 Å². The Hall–Kier alpha value is -3.67. The van der Waals surface area contributed by atoms with Crippen LogP contribution in [0.1, 0.15) is 18.9 Å². The quantitative estimate of drug-likeness (QED) is 0.538. The molecule has 4 rings (SSSR count). The van der Waals surface area contributed by atoms with Crippen molar-refractivity contribution in [1.29, 1.82) is 0 Å². The number of ether oxygens (including phenoxy) is 2. The molecule has 0 bridgehead atoms. The van der Waals surface area contributed by atoms with Crippen LogP contribution in [0, 0.1) is 0 Å². The Morgan fingerprint density at radius 3 is 2.64 bits per heavy atom. The molecule has 1 heterocycles. The van der Waals surface area contributed by atoms with Crippen LogP contribution in [0.5, 0.6) is 5.75 Å². The molecule has 0 fully saturated rings. The summed E-state index contributed by atoms with van der Waals surface area (Å²) in [5.41, 5.74) is 0.285. The average molecular weight is 374 g/mol. The van der Waals surface area contributed by atoms with E-state index in [-0.39, 0.29) is 12.2 Å². The molecule has 0 amide bonds. The summed E-state index contributed by atoms with van der Waals surface area (Å²) >= 11 is 0. The van der Waals surface area contributed by atoms with Gasteiger partial charge in [-0.25, -0.2) is 9.78 Å². The van der Waals surface area contributed by atoms with E-state index >= 15 is 0 Å². The highest BCUT2D eigenvalue weighted by Crippen LogP contribution is 2.21. The van der Waals surface area contributed by atoms with Crippen molar-refractivity contribution in [2.75, 3.05) is 6.61 Å². The summed E-state index contributed by atoms with van der Waals surface area (Å²) in [4.78, 5) is 31.3. The van der Waals surface area contributed by atoms with Crippen LogP contribution < -0.4 is 10.3 Å². The van der Waals surface area contributed by atoms with Crippen LogP contribution in [0.15, 0.2) is 71.5 Å².